The number of rotatable bonds is 31. The second-order valence-electron chi connectivity index (χ2n) is 12.6. The van der Waals surface area contributed by atoms with Crippen molar-refractivity contribution in [1.29, 1.82) is 0 Å². The summed E-state index contributed by atoms with van der Waals surface area (Å²) in [6.07, 6.45) is 32.9. The Bertz CT molecular complexity index is 563. The number of hydrogen-bond donors (Lipinski definition) is 3. The Morgan fingerprint density at radius 2 is 0.791 bits per heavy atom. The summed E-state index contributed by atoms with van der Waals surface area (Å²) >= 11 is 0. The maximum absolute atomic E-state index is 12.7. The maximum atomic E-state index is 12.7. The first kappa shape index (κ1) is 44.1. The molecular formula is C37H74O6. The molecule has 258 valence electrons. The summed E-state index contributed by atoms with van der Waals surface area (Å²) in [6.45, 7) is 5.99. The second kappa shape index (κ2) is 37.2. The van der Waals surface area contributed by atoms with Gasteiger partial charge in [0.2, 0.25) is 0 Å². The molecule has 0 bridgehead atoms. The molecule has 0 aromatic carbocycles. The number of aliphatic hydroxyl groups is 3. The van der Waals surface area contributed by atoms with Crippen LogP contribution < -0.4 is 0 Å². The van der Waals surface area contributed by atoms with Crippen molar-refractivity contribution >= 4 is 11.9 Å². The van der Waals surface area contributed by atoms with Crippen molar-refractivity contribution in [3.63, 3.8) is 0 Å². The maximum Gasteiger partial charge on any atom is 0.316 e. The SMILES string of the molecule is CCCCCCCCCCCCCCCC(=O)OC(=O)C(CCCCC)CCCCCCCCCCC.OCC(O)CO. The summed E-state index contributed by atoms with van der Waals surface area (Å²) in [7, 11) is 0. The van der Waals surface area contributed by atoms with Crippen LogP contribution >= 0.6 is 0 Å². The minimum Gasteiger partial charge on any atom is -0.394 e. The van der Waals surface area contributed by atoms with Crippen molar-refractivity contribution in [3.05, 3.63) is 0 Å². The average Bonchev–Trinajstić information content (AvgIpc) is 3.01. The summed E-state index contributed by atoms with van der Waals surface area (Å²) in [5.74, 6) is -0.650. The van der Waals surface area contributed by atoms with E-state index in [1.807, 2.05) is 0 Å². The van der Waals surface area contributed by atoms with E-state index >= 15 is 0 Å². The molecule has 1 unspecified atom stereocenters. The molecule has 0 aliphatic carbocycles. The highest BCUT2D eigenvalue weighted by Gasteiger charge is 2.22. The van der Waals surface area contributed by atoms with Crippen LogP contribution in [0.1, 0.15) is 201 Å². The fourth-order valence-corrected chi connectivity index (χ4v) is 5.31. The van der Waals surface area contributed by atoms with E-state index in [2.05, 4.69) is 20.8 Å². The van der Waals surface area contributed by atoms with Gasteiger partial charge in [-0.05, 0) is 19.3 Å². The molecule has 0 aromatic heterocycles. The lowest BCUT2D eigenvalue weighted by Gasteiger charge is -2.15. The van der Waals surface area contributed by atoms with Gasteiger partial charge in [0.05, 0.1) is 19.1 Å². The first-order valence-electron chi connectivity index (χ1n) is 18.6. The van der Waals surface area contributed by atoms with E-state index in [1.165, 1.54) is 122 Å². The van der Waals surface area contributed by atoms with Gasteiger partial charge in [-0.1, -0.05) is 175 Å². The molecule has 0 fully saturated rings. The topological polar surface area (TPSA) is 104 Å². The van der Waals surface area contributed by atoms with Gasteiger partial charge in [0.25, 0.3) is 0 Å². The predicted molar refractivity (Wildman–Crippen MR) is 181 cm³/mol. The monoisotopic (exact) mass is 615 g/mol. The van der Waals surface area contributed by atoms with Crippen molar-refractivity contribution in [2.24, 2.45) is 5.92 Å². The molecule has 0 aromatic rings. The molecule has 0 amide bonds. The van der Waals surface area contributed by atoms with E-state index in [-0.39, 0.29) is 31.1 Å². The standard InChI is InChI=1S/C34H66O3.C3H8O3/c1-4-7-10-12-14-16-17-18-19-21-23-25-28-31-33(35)37-34(36)32(29-26-9-6-3)30-27-24-22-20-15-13-11-8-5-2;4-1-3(6)2-5/h32H,4-31H2,1-3H3;3-6H,1-2H2. The van der Waals surface area contributed by atoms with Crippen LogP contribution in [0.3, 0.4) is 0 Å². The van der Waals surface area contributed by atoms with Crippen molar-refractivity contribution in [1.82, 2.24) is 0 Å². The van der Waals surface area contributed by atoms with Crippen LogP contribution in [-0.2, 0) is 14.3 Å². The zero-order chi connectivity index (χ0) is 32.2. The van der Waals surface area contributed by atoms with Gasteiger partial charge in [-0.15, -0.1) is 0 Å². The van der Waals surface area contributed by atoms with Gasteiger partial charge in [-0.2, -0.15) is 0 Å². The molecule has 0 heterocycles. The van der Waals surface area contributed by atoms with E-state index < -0.39 is 6.10 Å². The van der Waals surface area contributed by atoms with Gasteiger partial charge >= 0.3 is 11.9 Å². The van der Waals surface area contributed by atoms with E-state index in [9.17, 15) is 9.59 Å². The van der Waals surface area contributed by atoms with Crippen LogP contribution in [0.15, 0.2) is 0 Å². The third kappa shape index (κ3) is 35.4. The highest BCUT2D eigenvalue weighted by atomic mass is 16.6. The molecule has 6 heteroatoms. The quantitative estimate of drug-likeness (QED) is 0.0408. The van der Waals surface area contributed by atoms with Gasteiger partial charge in [-0.25, -0.2) is 0 Å². The molecule has 0 aliphatic rings. The summed E-state index contributed by atoms with van der Waals surface area (Å²) in [5, 5.41) is 24.0. The zero-order valence-electron chi connectivity index (χ0n) is 28.9. The Morgan fingerprint density at radius 1 is 0.488 bits per heavy atom. The Kier molecular flexibility index (Phi) is 38.2. The Morgan fingerprint density at radius 3 is 1.14 bits per heavy atom. The Balaban J connectivity index is 0. The lowest BCUT2D eigenvalue weighted by Crippen LogP contribution is -2.21. The molecule has 0 spiro atoms. The lowest BCUT2D eigenvalue weighted by atomic mass is 9.94. The molecular weight excluding hydrogens is 540 g/mol. The molecule has 6 nitrogen and oxygen atoms in total. The zero-order valence-corrected chi connectivity index (χ0v) is 28.9. The van der Waals surface area contributed by atoms with Crippen molar-refractivity contribution < 1.29 is 29.6 Å². The summed E-state index contributed by atoms with van der Waals surface area (Å²) in [6, 6.07) is 0. The molecule has 0 rings (SSSR count). The van der Waals surface area contributed by atoms with Crippen LogP contribution in [-0.4, -0.2) is 46.6 Å². The molecule has 0 saturated carbocycles. The van der Waals surface area contributed by atoms with E-state index in [4.69, 9.17) is 20.1 Å². The third-order valence-corrected chi connectivity index (χ3v) is 8.27. The van der Waals surface area contributed by atoms with Gasteiger partial charge in [-0.3, -0.25) is 9.59 Å². The van der Waals surface area contributed by atoms with Gasteiger partial charge in [0.1, 0.15) is 6.10 Å². The molecule has 0 aliphatic heterocycles. The molecule has 3 N–H and O–H groups in total. The fraction of sp³-hybridized carbons (Fsp3) is 0.946. The summed E-state index contributed by atoms with van der Waals surface area (Å²) < 4.78 is 5.31. The highest BCUT2D eigenvalue weighted by molar-refractivity contribution is 5.86. The first-order valence-corrected chi connectivity index (χ1v) is 18.6. The van der Waals surface area contributed by atoms with Crippen LogP contribution in [0, 0.1) is 5.92 Å². The normalized spacial score (nSPS) is 11.8. The van der Waals surface area contributed by atoms with E-state index in [1.54, 1.807) is 0 Å². The van der Waals surface area contributed by atoms with Crippen LogP contribution in [0.25, 0.3) is 0 Å². The van der Waals surface area contributed by atoms with Crippen molar-refractivity contribution in [3.8, 4) is 0 Å². The first-order chi connectivity index (χ1) is 21.0. The van der Waals surface area contributed by atoms with E-state index in [0.29, 0.717) is 6.42 Å². The number of esters is 2. The second-order valence-corrected chi connectivity index (χ2v) is 12.6. The molecule has 1 atom stereocenters. The lowest BCUT2D eigenvalue weighted by molar-refractivity contribution is -0.163. The molecule has 0 saturated heterocycles. The predicted octanol–water partition coefficient (Wildman–Crippen LogP) is 9.99. The van der Waals surface area contributed by atoms with Crippen LogP contribution in [0.2, 0.25) is 0 Å². The van der Waals surface area contributed by atoms with Gasteiger partial charge < -0.3 is 20.1 Å². The van der Waals surface area contributed by atoms with Crippen molar-refractivity contribution in [2.45, 2.75) is 207 Å². The molecule has 43 heavy (non-hydrogen) atoms. The number of carbonyl (C=O) groups excluding carboxylic acids is 2. The fourth-order valence-electron chi connectivity index (χ4n) is 5.31. The number of unbranched alkanes of at least 4 members (excludes halogenated alkanes) is 22. The minimum absolute atomic E-state index is 0.0910. The molecule has 0 radical (unpaired) electrons. The Hall–Kier alpha value is -0.980. The number of carbonyl (C=O) groups is 2. The van der Waals surface area contributed by atoms with Crippen LogP contribution in [0.5, 0.6) is 0 Å². The third-order valence-electron chi connectivity index (χ3n) is 8.27. The Labute approximate surface area is 267 Å². The largest absolute Gasteiger partial charge is 0.394 e. The smallest absolute Gasteiger partial charge is 0.316 e. The van der Waals surface area contributed by atoms with Crippen LogP contribution in [0.4, 0.5) is 0 Å². The number of aliphatic hydroxyl groups excluding tert-OH is 3. The van der Waals surface area contributed by atoms with E-state index in [0.717, 1.165) is 51.4 Å². The minimum atomic E-state index is -0.954. The van der Waals surface area contributed by atoms with Crippen molar-refractivity contribution in [2.75, 3.05) is 13.2 Å². The number of hydrogen-bond acceptors (Lipinski definition) is 6. The number of ether oxygens (including phenoxy) is 1. The summed E-state index contributed by atoms with van der Waals surface area (Å²) in [5.41, 5.74) is 0. The van der Waals surface area contributed by atoms with Gasteiger partial charge in [0, 0.05) is 6.42 Å². The average molecular weight is 615 g/mol. The highest BCUT2D eigenvalue weighted by Crippen LogP contribution is 2.21. The summed E-state index contributed by atoms with van der Waals surface area (Å²) in [4.78, 5) is 25.0. The van der Waals surface area contributed by atoms with Gasteiger partial charge in [0.15, 0.2) is 0 Å².